The summed E-state index contributed by atoms with van der Waals surface area (Å²) in [6.45, 7) is 7.47. The van der Waals surface area contributed by atoms with Crippen LogP contribution >= 0.6 is 0 Å². The number of pyridine rings is 1. The van der Waals surface area contributed by atoms with E-state index in [9.17, 15) is 4.79 Å². The van der Waals surface area contributed by atoms with Crippen molar-refractivity contribution in [3.05, 3.63) is 47.5 Å². The van der Waals surface area contributed by atoms with Gasteiger partial charge in [-0.3, -0.25) is 9.69 Å². The fourth-order valence-corrected chi connectivity index (χ4v) is 3.86. The van der Waals surface area contributed by atoms with Crippen LogP contribution in [0.3, 0.4) is 0 Å². The van der Waals surface area contributed by atoms with Crippen LogP contribution in [0.5, 0.6) is 0 Å². The van der Waals surface area contributed by atoms with Crippen molar-refractivity contribution in [2.24, 2.45) is 5.92 Å². The minimum Gasteiger partial charge on any atom is -0.355 e. The van der Waals surface area contributed by atoms with Crippen LogP contribution in [-0.4, -0.2) is 50.0 Å². The Bertz CT molecular complexity index is 971. The molecule has 0 radical (unpaired) electrons. The van der Waals surface area contributed by atoms with Gasteiger partial charge in [0.05, 0.1) is 18.7 Å². The van der Waals surface area contributed by atoms with Gasteiger partial charge in [-0.15, -0.1) is 0 Å². The zero-order valence-electron chi connectivity index (χ0n) is 17.1. The molecule has 3 aromatic rings. The summed E-state index contributed by atoms with van der Waals surface area (Å²) in [6, 6.07) is 4.01. The number of aryl methyl sites for hydroxylation is 2. The second-order valence-corrected chi connectivity index (χ2v) is 7.79. The monoisotopic (exact) mass is 396 g/mol. The van der Waals surface area contributed by atoms with E-state index in [0.717, 1.165) is 68.2 Å². The van der Waals surface area contributed by atoms with Gasteiger partial charge in [-0.2, -0.15) is 4.98 Å². The number of nitrogens with zero attached hydrogens (tertiary/aromatic N) is 5. The fraction of sp³-hybridized carbons (Fsp3) is 0.524. The van der Waals surface area contributed by atoms with E-state index in [1.54, 1.807) is 6.20 Å². The van der Waals surface area contributed by atoms with E-state index in [2.05, 4.69) is 25.3 Å². The highest BCUT2D eigenvalue weighted by Crippen LogP contribution is 2.18. The Hall–Kier alpha value is -2.74. The Labute approximate surface area is 170 Å². The second kappa shape index (κ2) is 8.73. The molecule has 4 heterocycles. The summed E-state index contributed by atoms with van der Waals surface area (Å²) in [4.78, 5) is 23.6. The van der Waals surface area contributed by atoms with Gasteiger partial charge in [-0.05, 0) is 50.4 Å². The minimum atomic E-state index is 0.0506. The van der Waals surface area contributed by atoms with E-state index in [1.807, 2.05) is 36.6 Å². The largest absolute Gasteiger partial charge is 0.355 e. The number of hydrogen-bond acceptors (Lipinski definition) is 6. The first-order chi connectivity index (χ1) is 14.1. The molecule has 1 fully saturated rings. The quantitative estimate of drug-likeness (QED) is 0.658. The molecule has 0 bridgehead atoms. The van der Waals surface area contributed by atoms with Crippen LogP contribution in [0.15, 0.2) is 29.0 Å². The van der Waals surface area contributed by atoms with Gasteiger partial charge in [0.2, 0.25) is 11.8 Å². The lowest BCUT2D eigenvalue weighted by Gasteiger charge is -2.31. The fourth-order valence-electron chi connectivity index (χ4n) is 3.86. The predicted molar refractivity (Wildman–Crippen MR) is 108 cm³/mol. The Morgan fingerprint density at radius 1 is 1.34 bits per heavy atom. The van der Waals surface area contributed by atoms with Gasteiger partial charge in [0, 0.05) is 25.4 Å². The minimum absolute atomic E-state index is 0.0506. The summed E-state index contributed by atoms with van der Waals surface area (Å²) in [7, 11) is 0. The zero-order valence-corrected chi connectivity index (χ0v) is 17.1. The highest BCUT2D eigenvalue weighted by atomic mass is 16.5. The number of hydrogen-bond donors (Lipinski definition) is 1. The molecule has 29 heavy (non-hydrogen) atoms. The number of aromatic nitrogens is 4. The molecule has 0 aliphatic carbocycles. The van der Waals surface area contributed by atoms with E-state index in [1.165, 1.54) is 0 Å². The molecule has 0 spiro atoms. The van der Waals surface area contributed by atoms with Crippen LogP contribution < -0.4 is 5.32 Å². The van der Waals surface area contributed by atoms with Crippen LogP contribution in [0.1, 0.15) is 42.7 Å². The Balaban J connectivity index is 1.21. The van der Waals surface area contributed by atoms with E-state index in [0.29, 0.717) is 18.2 Å². The van der Waals surface area contributed by atoms with Crippen molar-refractivity contribution in [3.63, 3.8) is 0 Å². The Morgan fingerprint density at radius 2 is 2.17 bits per heavy atom. The predicted octanol–water partition coefficient (Wildman–Crippen LogP) is 2.16. The van der Waals surface area contributed by atoms with E-state index < -0.39 is 0 Å². The van der Waals surface area contributed by atoms with E-state index in [4.69, 9.17) is 4.52 Å². The van der Waals surface area contributed by atoms with E-state index >= 15 is 0 Å². The van der Waals surface area contributed by atoms with Crippen molar-refractivity contribution in [1.29, 1.82) is 0 Å². The molecule has 1 amide bonds. The number of imidazole rings is 1. The third kappa shape index (κ3) is 4.64. The van der Waals surface area contributed by atoms with Crippen LogP contribution in [-0.2, 0) is 24.2 Å². The van der Waals surface area contributed by atoms with Crippen molar-refractivity contribution in [3.8, 4) is 0 Å². The number of rotatable bonds is 7. The molecule has 8 nitrogen and oxygen atoms in total. The molecule has 0 unspecified atom stereocenters. The van der Waals surface area contributed by atoms with Crippen molar-refractivity contribution in [2.75, 3.05) is 19.6 Å². The maximum Gasteiger partial charge on any atom is 0.226 e. The molecular formula is C21H28N6O2. The first-order valence-electron chi connectivity index (χ1n) is 10.3. The van der Waals surface area contributed by atoms with Gasteiger partial charge in [0.25, 0.3) is 0 Å². The lowest BCUT2D eigenvalue weighted by Crippen LogP contribution is -2.38. The molecule has 4 rings (SSSR count). The standard InChI is InChI=1S/C21H28N6O2/c1-3-20-24-18(25-29-20)14-26-9-6-16(7-10-26)12-22-19(28)11-17-13-23-21-15(2)5-4-8-27(17)21/h4-5,8,13,16H,3,6-7,9-12,14H2,1-2H3,(H,22,28). The van der Waals surface area contributed by atoms with Gasteiger partial charge in [-0.1, -0.05) is 18.1 Å². The van der Waals surface area contributed by atoms with Gasteiger partial charge in [0.1, 0.15) is 5.65 Å². The maximum atomic E-state index is 12.4. The summed E-state index contributed by atoms with van der Waals surface area (Å²) in [5.41, 5.74) is 2.94. The number of amides is 1. The number of nitrogens with one attached hydrogen (secondary N) is 1. The number of carbonyl (C=O) groups excluding carboxylic acids is 1. The van der Waals surface area contributed by atoms with Crippen molar-refractivity contribution in [2.45, 2.75) is 46.1 Å². The van der Waals surface area contributed by atoms with Crippen molar-refractivity contribution < 1.29 is 9.32 Å². The normalized spacial score (nSPS) is 15.8. The Morgan fingerprint density at radius 3 is 2.93 bits per heavy atom. The van der Waals surface area contributed by atoms with Gasteiger partial charge in [-0.25, -0.2) is 4.98 Å². The smallest absolute Gasteiger partial charge is 0.226 e. The highest BCUT2D eigenvalue weighted by Gasteiger charge is 2.21. The average Bonchev–Trinajstić information content (AvgIpc) is 3.35. The molecule has 1 aliphatic heterocycles. The highest BCUT2D eigenvalue weighted by molar-refractivity contribution is 5.78. The average molecular weight is 396 g/mol. The summed E-state index contributed by atoms with van der Waals surface area (Å²) >= 11 is 0. The third-order valence-corrected chi connectivity index (χ3v) is 5.62. The Kier molecular flexibility index (Phi) is 5.89. The van der Waals surface area contributed by atoms with Crippen molar-refractivity contribution in [1.82, 2.24) is 29.7 Å². The molecular weight excluding hydrogens is 368 g/mol. The van der Waals surface area contributed by atoms with E-state index in [-0.39, 0.29) is 5.91 Å². The van der Waals surface area contributed by atoms with Crippen LogP contribution in [0.4, 0.5) is 0 Å². The molecule has 154 valence electrons. The molecule has 3 aromatic heterocycles. The third-order valence-electron chi connectivity index (χ3n) is 5.62. The van der Waals surface area contributed by atoms with Gasteiger partial charge < -0.3 is 14.2 Å². The van der Waals surface area contributed by atoms with Gasteiger partial charge >= 0.3 is 0 Å². The van der Waals surface area contributed by atoms with Crippen LogP contribution in [0.2, 0.25) is 0 Å². The maximum absolute atomic E-state index is 12.4. The topological polar surface area (TPSA) is 88.6 Å². The number of carbonyl (C=O) groups is 1. The lowest BCUT2D eigenvalue weighted by atomic mass is 9.96. The molecule has 1 saturated heterocycles. The first-order valence-corrected chi connectivity index (χ1v) is 10.3. The molecule has 1 N–H and O–H groups in total. The number of likely N-dealkylation sites (tertiary alicyclic amines) is 1. The molecule has 1 aliphatic rings. The molecule has 0 saturated carbocycles. The molecule has 0 aromatic carbocycles. The summed E-state index contributed by atoms with van der Waals surface area (Å²) in [6.07, 6.45) is 6.99. The summed E-state index contributed by atoms with van der Waals surface area (Å²) < 4.78 is 7.17. The SMILES string of the molecule is CCc1nc(CN2CCC(CNC(=O)Cc3cnc4c(C)cccn34)CC2)no1. The first kappa shape index (κ1) is 19.6. The van der Waals surface area contributed by atoms with Crippen LogP contribution in [0.25, 0.3) is 5.65 Å². The number of piperidine rings is 1. The van der Waals surface area contributed by atoms with Crippen molar-refractivity contribution >= 4 is 11.6 Å². The second-order valence-electron chi connectivity index (χ2n) is 7.79. The molecule has 0 atom stereocenters. The summed E-state index contributed by atoms with van der Waals surface area (Å²) in [5.74, 6) is 2.02. The van der Waals surface area contributed by atoms with Crippen LogP contribution in [0, 0.1) is 12.8 Å². The number of fused-ring (bicyclic) bond motifs is 1. The lowest BCUT2D eigenvalue weighted by molar-refractivity contribution is -0.120. The van der Waals surface area contributed by atoms with Gasteiger partial charge in [0.15, 0.2) is 5.82 Å². The molecule has 8 heteroatoms. The summed E-state index contributed by atoms with van der Waals surface area (Å²) in [5, 5.41) is 7.14. The zero-order chi connectivity index (χ0) is 20.2.